The summed E-state index contributed by atoms with van der Waals surface area (Å²) in [6, 6.07) is 11.1. The number of nitrogens with zero attached hydrogens (tertiary/aromatic N) is 2. The zero-order valence-electron chi connectivity index (χ0n) is 12.7. The van der Waals surface area contributed by atoms with E-state index < -0.39 is 6.10 Å². The van der Waals surface area contributed by atoms with Crippen LogP contribution in [-0.2, 0) is 0 Å². The van der Waals surface area contributed by atoms with Crippen molar-refractivity contribution in [3.63, 3.8) is 0 Å². The van der Waals surface area contributed by atoms with Crippen molar-refractivity contribution in [2.45, 2.75) is 18.9 Å². The number of β-amino-alcohol motifs (C(OH)–C–C–N with tert-alkyl or cyclic N) is 1. The van der Waals surface area contributed by atoms with E-state index in [1.54, 1.807) is 6.07 Å². The van der Waals surface area contributed by atoms with Crippen LogP contribution in [0.25, 0.3) is 0 Å². The van der Waals surface area contributed by atoms with Crippen molar-refractivity contribution in [1.29, 1.82) is 0 Å². The van der Waals surface area contributed by atoms with Crippen LogP contribution < -0.4 is 0 Å². The van der Waals surface area contributed by atoms with Crippen molar-refractivity contribution >= 4 is 21.7 Å². The highest BCUT2D eigenvalue weighted by atomic mass is 79.9. The second kappa shape index (κ2) is 7.38. The maximum Gasteiger partial charge on any atom is 0.167 e. The number of carbonyl (C=O) groups excluding carboxylic acids is 1. The smallest absolute Gasteiger partial charge is 0.167 e. The Morgan fingerprint density at radius 1 is 1.35 bits per heavy atom. The topological polar surface area (TPSA) is 66.6 Å². The third-order valence-electron chi connectivity index (χ3n) is 4.28. The van der Waals surface area contributed by atoms with Gasteiger partial charge in [-0.1, -0.05) is 35.5 Å². The van der Waals surface area contributed by atoms with Crippen LogP contribution in [0.5, 0.6) is 0 Å². The Kier molecular flexibility index (Phi) is 5.25. The van der Waals surface area contributed by atoms with Crippen LogP contribution in [0, 0.1) is 5.92 Å². The Morgan fingerprint density at radius 3 is 2.65 bits per heavy atom. The van der Waals surface area contributed by atoms with E-state index in [-0.39, 0.29) is 11.7 Å². The molecule has 0 spiro atoms. The van der Waals surface area contributed by atoms with E-state index in [1.807, 2.05) is 30.3 Å². The number of carbonyl (C=O) groups is 1. The van der Waals surface area contributed by atoms with Crippen molar-refractivity contribution in [2.24, 2.45) is 5.92 Å². The third kappa shape index (κ3) is 4.07. The number of benzene rings is 1. The quantitative estimate of drug-likeness (QED) is 0.809. The van der Waals surface area contributed by atoms with E-state index in [4.69, 9.17) is 4.52 Å². The van der Waals surface area contributed by atoms with Crippen LogP contribution in [-0.4, -0.2) is 40.6 Å². The molecule has 1 atom stereocenters. The average Bonchev–Trinajstić information content (AvgIpc) is 3.02. The summed E-state index contributed by atoms with van der Waals surface area (Å²) in [5.41, 5.74) is 0.789. The van der Waals surface area contributed by atoms with Crippen molar-refractivity contribution in [1.82, 2.24) is 10.1 Å². The molecular weight excluding hydrogens is 360 g/mol. The van der Waals surface area contributed by atoms with Crippen molar-refractivity contribution < 1.29 is 14.4 Å². The van der Waals surface area contributed by atoms with E-state index in [1.165, 1.54) is 0 Å². The minimum Gasteiger partial charge on any atom is -0.384 e. The fourth-order valence-corrected chi connectivity index (χ4v) is 3.27. The number of aliphatic hydroxyl groups excluding tert-OH is 1. The number of ketones is 1. The van der Waals surface area contributed by atoms with Crippen molar-refractivity contribution in [2.75, 3.05) is 19.6 Å². The third-order valence-corrected chi connectivity index (χ3v) is 4.65. The van der Waals surface area contributed by atoms with Gasteiger partial charge in [0, 0.05) is 24.1 Å². The highest BCUT2D eigenvalue weighted by Crippen LogP contribution is 2.24. The molecule has 0 bridgehead atoms. The van der Waals surface area contributed by atoms with Gasteiger partial charge in [-0.05, 0) is 41.9 Å². The molecule has 1 N–H and O–H groups in total. The first-order valence-corrected chi connectivity index (χ1v) is 8.54. The molecule has 1 saturated heterocycles. The minimum absolute atomic E-state index is 0.0743. The summed E-state index contributed by atoms with van der Waals surface area (Å²) in [5.74, 6) is 0.759. The maximum absolute atomic E-state index is 12.5. The predicted molar refractivity (Wildman–Crippen MR) is 89.1 cm³/mol. The van der Waals surface area contributed by atoms with E-state index in [2.05, 4.69) is 26.0 Å². The summed E-state index contributed by atoms with van der Waals surface area (Å²) in [6.07, 6.45) is 0.941. The Hall–Kier alpha value is -1.50. The molecule has 0 amide bonds. The van der Waals surface area contributed by atoms with Gasteiger partial charge in [-0.2, -0.15) is 0 Å². The van der Waals surface area contributed by atoms with Gasteiger partial charge in [0.2, 0.25) is 0 Å². The average molecular weight is 379 g/mol. The molecule has 1 fully saturated rings. The zero-order chi connectivity index (χ0) is 16.2. The minimum atomic E-state index is -0.699. The van der Waals surface area contributed by atoms with Crippen molar-refractivity contribution in [3.8, 4) is 0 Å². The highest BCUT2D eigenvalue weighted by Gasteiger charge is 2.27. The predicted octanol–water partition coefficient (Wildman–Crippen LogP) is 3.07. The second-order valence-electron chi connectivity index (χ2n) is 5.87. The number of aliphatic hydroxyl groups is 1. The van der Waals surface area contributed by atoms with Crippen LogP contribution >= 0.6 is 15.9 Å². The molecule has 6 heteroatoms. The molecule has 1 aromatic heterocycles. The summed E-state index contributed by atoms with van der Waals surface area (Å²) in [4.78, 5) is 14.6. The second-order valence-corrected chi connectivity index (χ2v) is 6.69. The first-order valence-electron chi connectivity index (χ1n) is 7.75. The number of likely N-dealkylation sites (tertiary alicyclic amines) is 1. The van der Waals surface area contributed by atoms with Crippen LogP contribution in [0.3, 0.4) is 0 Å². The van der Waals surface area contributed by atoms with Gasteiger partial charge in [0.25, 0.3) is 0 Å². The number of hydrogen-bond acceptors (Lipinski definition) is 5. The summed E-state index contributed by atoms with van der Waals surface area (Å²) in [6.45, 7) is 2.10. The molecule has 1 aromatic carbocycles. The van der Waals surface area contributed by atoms with Crippen LogP contribution in [0.2, 0.25) is 0 Å². The lowest BCUT2D eigenvalue weighted by Gasteiger charge is -2.32. The summed E-state index contributed by atoms with van der Waals surface area (Å²) < 4.78 is 5.64. The molecule has 0 saturated carbocycles. The van der Waals surface area contributed by atoms with E-state index in [0.29, 0.717) is 16.9 Å². The van der Waals surface area contributed by atoms with Gasteiger partial charge >= 0.3 is 0 Å². The fraction of sp³-hybridized carbons (Fsp3) is 0.412. The van der Waals surface area contributed by atoms with E-state index in [9.17, 15) is 9.90 Å². The van der Waals surface area contributed by atoms with Gasteiger partial charge in [-0.15, -0.1) is 0 Å². The molecule has 1 aliphatic heterocycles. The molecular formula is C17H19BrN2O3. The molecule has 1 aliphatic rings. The molecule has 0 radical (unpaired) electrons. The Morgan fingerprint density at radius 2 is 2.04 bits per heavy atom. The Labute approximate surface area is 143 Å². The van der Waals surface area contributed by atoms with Crippen molar-refractivity contribution in [3.05, 3.63) is 52.3 Å². The Balaban J connectivity index is 1.51. The Bertz CT molecular complexity index is 651. The molecule has 2 heterocycles. The number of piperidine rings is 1. The summed E-state index contributed by atoms with van der Waals surface area (Å²) >= 11 is 3.20. The monoisotopic (exact) mass is 378 g/mol. The molecule has 0 aliphatic carbocycles. The van der Waals surface area contributed by atoms with Crippen LogP contribution in [0.15, 0.2) is 45.5 Å². The molecule has 23 heavy (non-hydrogen) atoms. The van der Waals surface area contributed by atoms with Gasteiger partial charge < -0.3 is 14.5 Å². The number of aromatic nitrogens is 1. The van der Waals surface area contributed by atoms with E-state index >= 15 is 0 Å². The molecule has 122 valence electrons. The largest absolute Gasteiger partial charge is 0.384 e. The highest BCUT2D eigenvalue weighted by molar-refractivity contribution is 9.10. The number of hydrogen-bond donors (Lipinski definition) is 1. The lowest BCUT2D eigenvalue weighted by Crippen LogP contribution is -2.38. The van der Waals surface area contributed by atoms with Crippen LogP contribution in [0.4, 0.5) is 0 Å². The molecule has 2 aromatic rings. The number of rotatable bonds is 5. The SMILES string of the molecule is O=C(c1ccccc1)C1CCN(CC(O)c2cc(Br)no2)CC1. The standard InChI is InChI=1S/C17H19BrN2O3/c18-16-10-15(23-19-16)14(21)11-20-8-6-13(7-9-20)17(22)12-4-2-1-3-5-12/h1-5,10,13-14,21H,6-9,11H2. The van der Waals surface area contributed by atoms with Gasteiger partial charge in [0.15, 0.2) is 11.5 Å². The zero-order valence-corrected chi connectivity index (χ0v) is 14.3. The van der Waals surface area contributed by atoms with Gasteiger partial charge in [0.05, 0.1) is 0 Å². The lowest BCUT2D eigenvalue weighted by molar-refractivity contribution is 0.0637. The first-order chi connectivity index (χ1) is 11.1. The fourth-order valence-electron chi connectivity index (χ4n) is 2.97. The van der Waals surface area contributed by atoms with E-state index in [0.717, 1.165) is 31.5 Å². The molecule has 5 nitrogen and oxygen atoms in total. The first kappa shape index (κ1) is 16.4. The number of halogens is 1. The van der Waals surface area contributed by atoms with Gasteiger partial charge in [-0.3, -0.25) is 4.79 Å². The summed E-state index contributed by atoms with van der Waals surface area (Å²) in [7, 11) is 0. The summed E-state index contributed by atoms with van der Waals surface area (Å²) in [5, 5.41) is 13.9. The van der Waals surface area contributed by atoms with Crippen LogP contribution in [0.1, 0.15) is 35.1 Å². The van der Waals surface area contributed by atoms with Gasteiger partial charge in [0.1, 0.15) is 10.7 Å². The normalized spacial score (nSPS) is 18.0. The molecule has 3 rings (SSSR count). The number of Topliss-reactive ketones (excluding diaryl/α,β-unsaturated/α-hetero) is 1. The maximum atomic E-state index is 12.5. The molecule has 1 unspecified atom stereocenters. The lowest BCUT2D eigenvalue weighted by atomic mass is 9.89. The van der Waals surface area contributed by atoms with Gasteiger partial charge in [-0.25, -0.2) is 0 Å².